The molecule has 0 heterocycles. The molecule has 0 aliphatic rings. The number of nitrogens with one attached hydrogen (secondary N) is 1. The SMILES string of the molecule is CC(C)CNC(=O)C(Cc1ccccc1)N(Cc1cccc(Cl)c1)C(=O)CN(c1cc(Cl)ccc1Cl)S(=O)(=O)c1ccccc1. The molecule has 11 heteroatoms. The molecule has 0 saturated carbocycles. The monoisotopic (exact) mass is 685 g/mol. The van der Waals surface area contributed by atoms with Gasteiger partial charge in [0.05, 0.1) is 15.6 Å². The number of rotatable bonds is 13. The molecular formula is C34H34Cl3N3O4S. The van der Waals surface area contributed by atoms with Crippen LogP contribution in [0.5, 0.6) is 0 Å². The third-order valence-corrected chi connectivity index (χ3v) is 9.55. The van der Waals surface area contributed by atoms with Gasteiger partial charge in [0.15, 0.2) is 0 Å². The van der Waals surface area contributed by atoms with E-state index in [1.807, 2.05) is 44.2 Å². The number of carbonyl (C=O) groups is 2. The van der Waals surface area contributed by atoms with E-state index in [1.165, 1.54) is 35.2 Å². The minimum atomic E-state index is -4.31. The third-order valence-electron chi connectivity index (χ3n) is 6.98. The van der Waals surface area contributed by atoms with Crippen LogP contribution in [-0.2, 0) is 32.6 Å². The van der Waals surface area contributed by atoms with Gasteiger partial charge in [-0.3, -0.25) is 13.9 Å². The maximum Gasteiger partial charge on any atom is 0.264 e. The van der Waals surface area contributed by atoms with Gasteiger partial charge in [-0.15, -0.1) is 0 Å². The van der Waals surface area contributed by atoms with Gasteiger partial charge in [0, 0.05) is 29.6 Å². The lowest BCUT2D eigenvalue weighted by Gasteiger charge is -2.34. The molecule has 0 aromatic heterocycles. The second kappa shape index (κ2) is 15.6. The van der Waals surface area contributed by atoms with Gasteiger partial charge >= 0.3 is 0 Å². The fourth-order valence-electron chi connectivity index (χ4n) is 4.72. The van der Waals surface area contributed by atoms with E-state index in [0.29, 0.717) is 17.1 Å². The van der Waals surface area contributed by atoms with Crippen molar-refractivity contribution in [1.82, 2.24) is 10.2 Å². The van der Waals surface area contributed by atoms with Crippen LogP contribution < -0.4 is 9.62 Å². The zero-order chi connectivity index (χ0) is 32.6. The molecule has 1 N–H and O–H groups in total. The molecule has 0 spiro atoms. The molecule has 45 heavy (non-hydrogen) atoms. The normalized spacial score (nSPS) is 12.0. The number of anilines is 1. The summed E-state index contributed by atoms with van der Waals surface area (Å²) in [6.07, 6.45) is 0.195. The average molecular weight is 687 g/mol. The minimum absolute atomic E-state index is 0.00546. The van der Waals surface area contributed by atoms with E-state index in [4.69, 9.17) is 34.8 Å². The van der Waals surface area contributed by atoms with Crippen LogP contribution in [0.4, 0.5) is 5.69 Å². The first-order valence-electron chi connectivity index (χ1n) is 14.3. The van der Waals surface area contributed by atoms with Gasteiger partial charge in [-0.05, 0) is 59.5 Å². The van der Waals surface area contributed by atoms with E-state index in [-0.39, 0.29) is 45.4 Å². The van der Waals surface area contributed by atoms with Gasteiger partial charge in [0.2, 0.25) is 11.8 Å². The lowest BCUT2D eigenvalue weighted by atomic mass is 10.0. The molecule has 0 bridgehead atoms. The quantitative estimate of drug-likeness (QED) is 0.161. The molecule has 4 aromatic rings. The van der Waals surface area contributed by atoms with Crippen molar-refractivity contribution in [2.75, 3.05) is 17.4 Å². The summed E-state index contributed by atoms with van der Waals surface area (Å²) in [5.74, 6) is -0.813. The number of hydrogen-bond acceptors (Lipinski definition) is 4. The van der Waals surface area contributed by atoms with Crippen molar-refractivity contribution in [3.05, 3.63) is 129 Å². The smallest absolute Gasteiger partial charge is 0.264 e. The summed E-state index contributed by atoms with van der Waals surface area (Å²) in [6.45, 7) is 3.69. The Morgan fingerprint density at radius 3 is 2.04 bits per heavy atom. The van der Waals surface area contributed by atoms with Gasteiger partial charge < -0.3 is 10.2 Å². The second-order valence-corrected chi connectivity index (χ2v) is 14.1. The Labute approximate surface area is 279 Å². The van der Waals surface area contributed by atoms with E-state index in [9.17, 15) is 18.0 Å². The van der Waals surface area contributed by atoms with Crippen LogP contribution in [0.15, 0.2) is 108 Å². The number of carbonyl (C=O) groups excluding carboxylic acids is 2. The van der Waals surface area contributed by atoms with Crippen LogP contribution in [0.3, 0.4) is 0 Å². The van der Waals surface area contributed by atoms with Gasteiger partial charge in [-0.25, -0.2) is 8.42 Å². The highest BCUT2D eigenvalue weighted by atomic mass is 35.5. The van der Waals surface area contributed by atoms with Gasteiger partial charge in [-0.2, -0.15) is 0 Å². The minimum Gasteiger partial charge on any atom is -0.354 e. The Kier molecular flexibility index (Phi) is 11.9. The first-order valence-corrected chi connectivity index (χ1v) is 16.9. The predicted molar refractivity (Wildman–Crippen MR) is 181 cm³/mol. The molecule has 2 amide bonds. The summed E-state index contributed by atoms with van der Waals surface area (Å²) in [5, 5.41) is 3.75. The number of amides is 2. The van der Waals surface area contributed by atoms with E-state index in [0.717, 1.165) is 9.87 Å². The lowest BCUT2D eigenvalue weighted by molar-refractivity contribution is -0.140. The zero-order valence-electron chi connectivity index (χ0n) is 24.9. The number of benzene rings is 4. The van der Waals surface area contributed by atoms with E-state index < -0.39 is 28.5 Å². The van der Waals surface area contributed by atoms with Crippen LogP contribution in [0.2, 0.25) is 15.1 Å². The van der Waals surface area contributed by atoms with Crippen molar-refractivity contribution in [2.45, 2.75) is 37.8 Å². The summed E-state index contributed by atoms with van der Waals surface area (Å²) in [7, 11) is -4.31. The molecule has 0 aliphatic carbocycles. The highest BCUT2D eigenvalue weighted by Crippen LogP contribution is 2.33. The summed E-state index contributed by atoms with van der Waals surface area (Å²) in [4.78, 5) is 29.7. The Balaban J connectivity index is 1.82. The predicted octanol–water partition coefficient (Wildman–Crippen LogP) is 7.25. The first-order chi connectivity index (χ1) is 21.5. The Morgan fingerprint density at radius 2 is 1.40 bits per heavy atom. The Hall–Kier alpha value is -3.56. The molecule has 4 aromatic carbocycles. The van der Waals surface area contributed by atoms with Crippen LogP contribution >= 0.6 is 34.8 Å². The molecule has 0 saturated heterocycles. The van der Waals surface area contributed by atoms with E-state index >= 15 is 0 Å². The van der Waals surface area contributed by atoms with Crippen molar-refractivity contribution in [2.24, 2.45) is 5.92 Å². The number of sulfonamides is 1. The van der Waals surface area contributed by atoms with Gasteiger partial charge in [-0.1, -0.05) is 109 Å². The number of halogens is 3. The maximum absolute atomic E-state index is 14.5. The van der Waals surface area contributed by atoms with E-state index in [2.05, 4.69) is 5.32 Å². The summed E-state index contributed by atoms with van der Waals surface area (Å²) >= 11 is 19.1. The number of hydrogen-bond donors (Lipinski definition) is 1. The second-order valence-electron chi connectivity index (χ2n) is 10.9. The molecule has 1 unspecified atom stereocenters. The summed E-state index contributed by atoms with van der Waals surface area (Å²) < 4.78 is 29.1. The first kappa shape index (κ1) is 34.3. The van der Waals surface area contributed by atoms with Crippen molar-refractivity contribution in [3.63, 3.8) is 0 Å². The maximum atomic E-state index is 14.5. The molecule has 7 nitrogen and oxygen atoms in total. The van der Waals surface area contributed by atoms with Crippen LogP contribution in [0.1, 0.15) is 25.0 Å². The van der Waals surface area contributed by atoms with Crippen molar-refractivity contribution in [1.29, 1.82) is 0 Å². The van der Waals surface area contributed by atoms with Crippen molar-refractivity contribution >= 4 is 62.3 Å². The fourth-order valence-corrected chi connectivity index (χ4v) is 6.81. The molecule has 236 valence electrons. The Morgan fingerprint density at radius 1 is 0.778 bits per heavy atom. The van der Waals surface area contributed by atoms with Gasteiger partial charge in [0.1, 0.15) is 12.6 Å². The topological polar surface area (TPSA) is 86.8 Å². The van der Waals surface area contributed by atoms with Crippen LogP contribution in [-0.4, -0.2) is 44.3 Å². The molecule has 4 rings (SSSR count). The Bertz CT molecular complexity index is 1720. The van der Waals surface area contributed by atoms with Crippen molar-refractivity contribution in [3.8, 4) is 0 Å². The summed E-state index contributed by atoms with van der Waals surface area (Å²) in [5.41, 5.74) is 1.54. The summed E-state index contributed by atoms with van der Waals surface area (Å²) in [6, 6.07) is 27.5. The highest BCUT2D eigenvalue weighted by Gasteiger charge is 2.35. The van der Waals surface area contributed by atoms with Gasteiger partial charge in [0.25, 0.3) is 10.0 Å². The highest BCUT2D eigenvalue weighted by molar-refractivity contribution is 7.92. The van der Waals surface area contributed by atoms with Crippen LogP contribution in [0.25, 0.3) is 0 Å². The molecule has 0 radical (unpaired) electrons. The fraction of sp³-hybridized carbons (Fsp3) is 0.235. The van der Waals surface area contributed by atoms with Crippen LogP contribution in [0, 0.1) is 5.92 Å². The van der Waals surface area contributed by atoms with E-state index in [1.54, 1.807) is 42.5 Å². The largest absolute Gasteiger partial charge is 0.354 e. The molecule has 1 atom stereocenters. The van der Waals surface area contributed by atoms with Crippen molar-refractivity contribution < 1.29 is 18.0 Å². The average Bonchev–Trinajstić information content (AvgIpc) is 3.02. The standard InChI is InChI=1S/C34H34Cl3N3O4S/c1-24(2)21-38-34(42)32(19-25-10-5-3-6-11-25)39(22-26-12-9-13-27(35)18-26)33(41)23-40(31-20-28(36)16-17-30(31)37)45(43,44)29-14-7-4-8-15-29/h3-18,20,24,32H,19,21-23H2,1-2H3,(H,38,42). The molecule has 0 fully saturated rings. The zero-order valence-corrected chi connectivity index (χ0v) is 28.0. The third kappa shape index (κ3) is 9.23. The molecular weight excluding hydrogens is 653 g/mol. The molecule has 0 aliphatic heterocycles. The number of nitrogens with zero attached hydrogens (tertiary/aromatic N) is 2. The lowest BCUT2D eigenvalue weighted by Crippen LogP contribution is -2.53.